The molecule has 0 saturated carbocycles. The van der Waals surface area contributed by atoms with Gasteiger partial charge in [0.25, 0.3) is 5.91 Å². The summed E-state index contributed by atoms with van der Waals surface area (Å²) in [7, 11) is 3.24. The van der Waals surface area contributed by atoms with Gasteiger partial charge in [0, 0.05) is 14.1 Å². The van der Waals surface area contributed by atoms with Crippen LogP contribution in [0.15, 0.2) is 42.5 Å². The Balaban J connectivity index is 1.87. The Labute approximate surface area is 178 Å². The maximum Gasteiger partial charge on any atom is 0.257 e. The number of anilines is 3. The molecule has 3 aromatic rings. The first-order valence-corrected chi connectivity index (χ1v) is 10.2. The van der Waals surface area contributed by atoms with Crippen LogP contribution in [0.5, 0.6) is 5.75 Å². The Morgan fingerprint density at radius 2 is 1.83 bits per heavy atom. The second-order valence-corrected chi connectivity index (χ2v) is 7.94. The quantitative estimate of drug-likeness (QED) is 0.474. The molecule has 0 saturated heterocycles. The summed E-state index contributed by atoms with van der Waals surface area (Å²) in [6.45, 7) is 4.05. The van der Waals surface area contributed by atoms with Gasteiger partial charge in [0.05, 0.1) is 29.0 Å². The lowest BCUT2D eigenvalue weighted by molar-refractivity contribution is 0.0824. The molecule has 0 aliphatic heterocycles. The monoisotopic (exact) mass is 429 g/mol. The second-order valence-electron chi connectivity index (χ2n) is 7.41. The van der Waals surface area contributed by atoms with Crippen molar-refractivity contribution in [1.29, 1.82) is 0 Å². The summed E-state index contributed by atoms with van der Waals surface area (Å²) in [6, 6.07) is 11.1. The van der Waals surface area contributed by atoms with Crippen molar-refractivity contribution in [2.24, 2.45) is 5.92 Å². The lowest BCUT2D eigenvalue weighted by Gasteiger charge is -2.23. The number of rotatable bonds is 7. The highest BCUT2D eigenvalue weighted by Crippen LogP contribution is 2.35. The average molecular weight is 430 g/mol. The third-order valence-corrected chi connectivity index (χ3v) is 5.11. The van der Waals surface area contributed by atoms with E-state index in [1.807, 2.05) is 19.9 Å². The highest BCUT2D eigenvalue weighted by Gasteiger charge is 2.21. The van der Waals surface area contributed by atoms with Gasteiger partial charge < -0.3 is 20.6 Å². The first kappa shape index (κ1) is 21.5. The number of aromatic nitrogens is 2. The van der Waals surface area contributed by atoms with Crippen molar-refractivity contribution in [2.75, 3.05) is 24.7 Å². The number of halogens is 1. The molecular formula is C21H24FN5O2S. The number of nitrogens with zero attached hydrogens (tertiary/aromatic N) is 3. The maximum absolute atomic E-state index is 13.7. The standard InChI is InChI=1S/C21H24FN5O2S/c1-12(2)17(13-7-5-8-14(22)11-13)24-20-19(25-30-26-20)23-16-10-6-9-15(18(16)28)21(29)27(3)4/h5-12,17,28H,1-4H3,(H,23,25)(H,24,26). The third kappa shape index (κ3) is 4.68. The van der Waals surface area contributed by atoms with Crippen molar-refractivity contribution in [3.05, 3.63) is 59.4 Å². The van der Waals surface area contributed by atoms with Crippen molar-refractivity contribution in [1.82, 2.24) is 13.6 Å². The number of nitrogens with one attached hydrogen (secondary N) is 2. The number of aromatic hydroxyl groups is 1. The molecule has 0 radical (unpaired) electrons. The van der Waals surface area contributed by atoms with Gasteiger partial charge in [0.15, 0.2) is 17.4 Å². The lowest BCUT2D eigenvalue weighted by Crippen LogP contribution is -2.21. The summed E-state index contributed by atoms with van der Waals surface area (Å²) >= 11 is 1.00. The van der Waals surface area contributed by atoms with E-state index < -0.39 is 0 Å². The zero-order valence-corrected chi connectivity index (χ0v) is 18.0. The molecule has 1 aromatic heterocycles. The van der Waals surface area contributed by atoms with Crippen LogP contribution in [0.3, 0.4) is 0 Å². The molecule has 2 aromatic carbocycles. The minimum Gasteiger partial charge on any atom is -0.505 e. The molecule has 158 valence electrons. The fraction of sp³-hybridized carbons (Fsp3) is 0.286. The van der Waals surface area contributed by atoms with E-state index >= 15 is 0 Å². The van der Waals surface area contributed by atoms with Crippen LogP contribution in [0, 0.1) is 11.7 Å². The number of carbonyl (C=O) groups excluding carboxylic acids is 1. The summed E-state index contributed by atoms with van der Waals surface area (Å²) < 4.78 is 22.3. The van der Waals surface area contributed by atoms with Crippen molar-refractivity contribution >= 4 is 35.0 Å². The summed E-state index contributed by atoms with van der Waals surface area (Å²) in [4.78, 5) is 13.7. The first-order valence-electron chi connectivity index (χ1n) is 9.43. The highest BCUT2D eigenvalue weighted by atomic mass is 32.1. The van der Waals surface area contributed by atoms with Gasteiger partial charge in [0.1, 0.15) is 5.82 Å². The first-order chi connectivity index (χ1) is 14.3. The van der Waals surface area contributed by atoms with Crippen molar-refractivity contribution in [2.45, 2.75) is 19.9 Å². The van der Waals surface area contributed by atoms with Gasteiger partial charge in [0.2, 0.25) is 0 Å². The predicted molar refractivity (Wildman–Crippen MR) is 117 cm³/mol. The molecule has 0 aliphatic rings. The topological polar surface area (TPSA) is 90.4 Å². The number of para-hydroxylation sites is 1. The molecule has 7 nitrogen and oxygen atoms in total. The Bertz CT molecular complexity index is 1040. The molecule has 1 atom stereocenters. The van der Waals surface area contributed by atoms with Crippen molar-refractivity contribution in [3.8, 4) is 5.75 Å². The normalized spacial score (nSPS) is 11.9. The van der Waals surface area contributed by atoms with Gasteiger partial charge in [-0.15, -0.1) is 0 Å². The summed E-state index contributed by atoms with van der Waals surface area (Å²) in [5, 5.41) is 16.9. The van der Waals surface area contributed by atoms with E-state index in [1.165, 1.54) is 17.0 Å². The molecule has 0 aliphatic carbocycles. The molecule has 1 amide bonds. The molecular weight excluding hydrogens is 405 g/mol. The Kier molecular flexibility index (Phi) is 6.51. The van der Waals surface area contributed by atoms with Crippen molar-refractivity contribution < 1.29 is 14.3 Å². The fourth-order valence-corrected chi connectivity index (χ4v) is 3.51. The summed E-state index contributed by atoms with van der Waals surface area (Å²) in [5.41, 5.74) is 1.32. The molecule has 3 rings (SSSR count). The zero-order valence-electron chi connectivity index (χ0n) is 17.2. The fourth-order valence-electron chi connectivity index (χ4n) is 3.03. The highest BCUT2D eigenvalue weighted by molar-refractivity contribution is 6.99. The molecule has 3 N–H and O–H groups in total. The minimum absolute atomic E-state index is 0.149. The van der Waals surface area contributed by atoms with Crippen LogP contribution in [-0.2, 0) is 0 Å². The van der Waals surface area contributed by atoms with E-state index in [-0.39, 0.29) is 35.0 Å². The minimum atomic E-state index is -0.308. The Morgan fingerprint density at radius 3 is 2.50 bits per heavy atom. The number of hydrogen-bond donors (Lipinski definition) is 3. The number of amides is 1. The number of carbonyl (C=O) groups is 1. The Morgan fingerprint density at radius 1 is 1.13 bits per heavy atom. The van der Waals surface area contributed by atoms with Gasteiger partial charge in [-0.1, -0.05) is 32.0 Å². The van der Waals surface area contributed by atoms with Gasteiger partial charge in [-0.05, 0) is 35.7 Å². The smallest absolute Gasteiger partial charge is 0.257 e. The zero-order chi connectivity index (χ0) is 21.8. The van der Waals surface area contributed by atoms with Crippen LogP contribution in [0.1, 0.15) is 35.8 Å². The van der Waals surface area contributed by atoms with Crippen LogP contribution in [0.25, 0.3) is 0 Å². The molecule has 9 heteroatoms. The van der Waals surface area contributed by atoms with Gasteiger partial charge in [-0.2, -0.15) is 8.75 Å². The number of benzene rings is 2. The number of hydrogen-bond acceptors (Lipinski definition) is 7. The van der Waals surface area contributed by atoms with E-state index in [1.54, 1.807) is 38.4 Å². The van der Waals surface area contributed by atoms with Gasteiger partial charge in [-0.25, -0.2) is 4.39 Å². The van der Waals surface area contributed by atoms with Crippen LogP contribution in [0.4, 0.5) is 21.7 Å². The van der Waals surface area contributed by atoms with E-state index in [0.29, 0.717) is 17.3 Å². The molecule has 0 spiro atoms. The van der Waals surface area contributed by atoms with Crippen LogP contribution in [0.2, 0.25) is 0 Å². The van der Waals surface area contributed by atoms with Gasteiger partial charge >= 0.3 is 0 Å². The van der Waals surface area contributed by atoms with E-state index in [9.17, 15) is 14.3 Å². The van der Waals surface area contributed by atoms with Gasteiger partial charge in [-0.3, -0.25) is 4.79 Å². The summed E-state index contributed by atoms with van der Waals surface area (Å²) in [5.74, 6) is 0.258. The largest absolute Gasteiger partial charge is 0.505 e. The van der Waals surface area contributed by atoms with Crippen LogP contribution in [-0.4, -0.2) is 38.8 Å². The van der Waals surface area contributed by atoms with E-state index in [4.69, 9.17) is 0 Å². The van der Waals surface area contributed by atoms with E-state index in [2.05, 4.69) is 19.4 Å². The lowest BCUT2D eigenvalue weighted by atomic mass is 9.96. The SMILES string of the molecule is CC(C)C(Nc1nsnc1Nc1cccc(C(=O)N(C)C)c1O)c1cccc(F)c1. The molecule has 1 heterocycles. The number of phenols is 1. The molecule has 0 bridgehead atoms. The number of phenolic OH excluding ortho intramolecular Hbond substituents is 1. The molecule has 30 heavy (non-hydrogen) atoms. The Hall–Kier alpha value is -3.20. The summed E-state index contributed by atoms with van der Waals surface area (Å²) in [6.07, 6.45) is 0. The van der Waals surface area contributed by atoms with Crippen LogP contribution < -0.4 is 10.6 Å². The maximum atomic E-state index is 13.7. The second kappa shape index (κ2) is 9.08. The average Bonchev–Trinajstić information content (AvgIpc) is 3.13. The third-order valence-electron chi connectivity index (χ3n) is 4.58. The van der Waals surface area contributed by atoms with Crippen LogP contribution >= 0.6 is 11.7 Å². The predicted octanol–water partition coefficient (Wildman–Crippen LogP) is 4.64. The molecule has 0 fully saturated rings. The molecule has 1 unspecified atom stereocenters. The van der Waals surface area contributed by atoms with E-state index in [0.717, 1.165) is 17.3 Å². The van der Waals surface area contributed by atoms with Crippen molar-refractivity contribution in [3.63, 3.8) is 0 Å².